The second-order valence-corrected chi connectivity index (χ2v) is 4.66. The summed E-state index contributed by atoms with van der Waals surface area (Å²) in [7, 11) is 0. The Bertz CT molecular complexity index is 551. The molecule has 0 aliphatic carbocycles. The molecule has 1 heterocycles. The van der Waals surface area contributed by atoms with Crippen molar-refractivity contribution in [3.05, 3.63) is 35.7 Å². The van der Waals surface area contributed by atoms with Gasteiger partial charge in [-0.1, -0.05) is 37.6 Å². The van der Waals surface area contributed by atoms with Crippen LogP contribution in [0.15, 0.2) is 24.3 Å². The molecule has 0 amide bonds. The van der Waals surface area contributed by atoms with Crippen molar-refractivity contribution in [2.24, 2.45) is 5.73 Å². The third-order valence-electron chi connectivity index (χ3n) is 3.08. The number of nitrogens with two attached hydrogens (primary N) is 1. The van der Waals surface area contributed by atoms with Gasteiger partial charge in [-0.25, -0.2) is 4.68 Å². The molecule has 1 aromatic heterocycles. The molecule has 5 nitrogen and oxygen atoms in total. The Hall–Kier alpha value is -1.88. The standard InChI is InChI=1S/C15H22N4O/c1-3-7-13-12(11-16)17-18-19(13)14-8-5-6-9-15(14)20-10-4-2/h5-6,8-9H,3-4,7,10-11,16H2,1-2H3. The molecule has 0 radical (unpaired) electrons. The largest absolute Gasteiger partial charge is 0.491 e. The van der Waals surface area contributed by atoms with Crippen molar-refractivity contribution in [2.75, 3.05) is 6.61 Å². The normalized spacial score (nSPS) is 10.8. The lowest BCUT2D eigenvalue weighted by Gasteiger charge is -2.12. The van der Waals surface area contributed by atoms with Crippen molar-refractivity contribution in [1.29, 1.82) is 0 Å². The summed E-state index contributed by atoms with van der Waals surface area (Å²) in [4.78, 5) is 0. The highest BCUT2D eigenvalue weighted by molar-refractivity contribution is 5.47. The van der Waals surface area contributed by atoms with Crippen LogP contribution in [-0.2, 0) is 13.0 Å². The average Bonchev–Trinajstić information content (AvgIpc) is 2.88. The van der Waals surface area contributed by atoms with E-state index in [0.717, 1.165) is 42.1 Å². The molecule has 0 bridgehead atoms. The minimum Gasteiger partial charge on any atom is -0.491 e. The van der Waals surface area contributed by atoms with E-state index in [4.69, 9.17) is 10.5 Å². The van der Waals surface area contributed by atoms with Crippen LogP contribution in [0.25, 0.3) is 5.69 Å². The number of nitrogens with zero attached hydrogens (tertiary/aromatic N) is 3. The first-order valence-corrected chi connectivity index (χ1v) is 7.17. The Morgan fingerprint density at radius 3 is 2.70 bits per heavy atom. The summed E-state index contributed by atoms with van der Waals surface area (Å²) in [5.41, 5.74) is 8.60. The first-order valence-electron chi connectivity index (χ1n) is 7.17. The van der Waals surface area contributed by atoms with Crippen molar-refractivity contribution in [1.82, 2.24) is 15.0 Å². The Kier molecular flexibility index (Phi) is 5.12. The molecule has 0 atom stereocenters. The van der Waals surface area contributed by atoms with Gasteiger partial charge in [0, 0.05) is 6.54 Å². The van der Waals surface area contributed by atoms with Crippen LogP contribution in [0.3, 0.4) is 0 Å². The number of hydrogen-bond donors (Lipinski definition) is 1. The van der Waals surface area contributed by atoms with Crippen LogP contribution in [0.2, 0.25) is 0 Å². The third-order valence-corrected chi connectivity index (χ3v) is 3.08. The van der Waals surface area contributed by atoms with Gasteiger partial charge in [-0.2, -0.15) is 0 Å². The number of hydrogen-bond acceptors (Lipinski definition) is 4. The van der Waals surface area contributed by atoms with E-state index in [2.05, 4.69) is 24.2 Å². The molecule has 108 valence electrons. The maximum atomic E-state index is 5.80. The van der Waals surface area contributed by atoms with E-state index in [0.29, 0.717) is 13.2 Å². The quantitative estimate of drug-likeness (QED) is 0.842. The Morgan fingerprint density at radius 1 is 1.20 bits per heavy atom. The molecule has 0 aliphatic rings. The van der Waals surface area contributed by atoms with Crippen molar-refractivity contribution >= 4 is 0 Å². The smallest absolute Gasteiger partial charge is 0.145 e. The fraction of sp³-hybridized carbons (Fsp3) is 0.467. The molecular formula is C15H22N4O. The highest BCUT2D eigenvalue weighted by Crippen LogP contribution is 2.24. The minimum absolute atomic E-state index is 0.410. The minimum atomic E-state index is 0.410. The van der Waals surface area contributed by atoms with Gasteiger partial charge in [0.05, 0.1) is 18.0 Å². The van der Waals surface area contributed by atoms with Gasteiger partial charge < -0.3 is 10.5 Å². The summed E-state index contributed by atoms with van der Waals surface area (Å²) >= 11 is 0. The maximum absolute atomic E-state index is 5.80. The average molecular weight is 274 g/mol. The van der Waals surface area contributed by atoms with Crippen LogP contribution < -0.4 is 10.5 Å². The number of ether oxygens (including phenoxy) is 1. The van der Waals surface area contributed by atoms with E-state index < -0.39 is 0 Å². The molecule has 20 heavy (non-hydrogen) atoms. The van der Waals surface area contributed by atoms with Crippen molar-refractivity contribution < 1.29 is 4.74 Å². The monoisotopic (exact) mass is 274 g/mol. The molecule has 0 fully saturated rings. The molecule has 5 heteroatoms. The predicted molar refractivity (Wildman–Crippen MR) is 79.0 cm³/mol. The van der Waals surface area contributed by atoms with Crippen LogP contribution in [0.5, 0.6) is 5.75 Å². The van der Waals surface area contributed by atoms with Gasteiger partial charge in [-0.3, -0.25) is 0 Å². The van der Waals surface area contributed by atoms with E-state index in [-0.39, 0.29) is 0 Å². The van der Waals surface area contributed by atoms with E-state index >= 15 is 0 Å². The lowest BCUT2D eigenvalue weighted by molar-refractivity contribution is 0.315. The number of rotatable bonds is 7. The summed E-state index contributed by atoms with van der Waals surface area (Å²) in [5.74, 6) is 0.833. The maximum Gasteiger partial charge on any atom is 0.145 e. The zero-order valence-electron chi connectivity index (χ0n) is 12.2. The van der Waals surface area contributed by atoms with Crippen LogP contribution in [0, 0.1) is 0 Å². The van der Waals surface area contributed by atoms with Gasteiger partial charge in [0.15, 0.2) is 0 Å². The molecule has 0 saturated heterocycles. The van der Waals surface area contributed by atoms with Crippen LogP contribution in [0.1, 0.15) is 38.1 Å². The molecular weight excluding hydrogens is 252 g/mol. The second-order valence-electron chi connectivity index (χ2n) is 4.66. The first kappa shape index (κ1) is 14.5. The van der Waals surface area contributed by atoms with Gasteiger partial charge in [0.2, 0.25) is 0 Å². The fourth-order valence-electron chi connectivity index (χ4n) is 2.14. The van der Waals surface area contributed by atoms with Crippen molar-refractivity contribution in [3.8, 4) is 11.4 Å². The molecule has 0 saturated carbocycles. The summed E-state index contributed by atoms with van der Waals surface area (Å²) in [6.45, 7) is 5.33. The van der Waals surface area contributed by atoms with Crippen LogP contribution in [-0.4, -0.2) is 21.6 Å². The zero-order chi connectivity index (χ0) is 14.4. The summed E-state index contributed by atoms with van der Waals surface area (Å²) < 4.78 is 7.65. The topological polar surface area (TPSA) is 66.0 Å². The van der Waals surface area contributed by atoms with Gasteiger partial charge in [0.1, 0.15) is 11.4 Å². The highest BCUT2D eigenvalue weighted by Gasteiger charge is 2.15. The third kappa shape index (κ3) is 2.99. The molecule has 2 N–H and O–H groups in total. The predicted octanol–water partition coefficient (Wildman–Crippen LogP) is 2.47. The summed E-state index contributed by atoms with van der Waals surface area (Å²) in [5, 5.41) is 8.43. The molecule has 2 aromatic rings. The van der Waals surface area contributed by atoms with Gasteiger partial charge in [-0.15, -0.1) is 5.10 Å². The number of para-hydroxylation sites is 2. The fourth-order valence-corrected chi connectivity index (χ4v) is 2.14. The molecule has 0 unspecified atom stereocenters. The van der Waals surface area contributed by atoms with Crippen molar-refractivity contribution in [3.63, 3.8) is 0 Å². The summed E-state index contributed by atoms with van der Waals surface area (Å²) in [6, 6.07) is 7.91. The summed E-state index contributed by atoms with van der Waals surface area (Å²) in [6.07, 6.45) is 2.90. The first-order chi connectivity index (χ1) is 9.81. The zero-order valence-corrected chi connectivity index (χ0v) is 12.2. The van der Waals surface area contributed by atoms with E-state index in [9.17, 15) is 0 Å². The number of benzene rings is 1. The van der Waals surface area contributed by atoms with Crippen LogP contribution in [0.4, 0.5) is 0 Å². The lowest BCUT2D eigenvalue weighted by Crippen LogP contribution is -2.08. The van der Waals surface area contributed by atoms with Gasteiger partial charge in [0.25, 0.3) is 0 Å². The van der Waals surface area contributed by atoms with Gasteiger partial charge in [-0.05, 0) is 25.0 Å². The molecule has 2 rings (SSSR count). The van der Waals surface area contributed by atoms with Gasteiger partial charge >= 0.3 is 0 Å². The lowest BCUT2D eigenvalue weighted by atomic mass is 10.2. The van der Waals surface area contributed by atoms with Crippen molar-refractivity contribution in [2.45, 2.75) is 39.7 Å². The number of aromatic nitrogens is 3. The Balaban J connectivity index is 2.42. The SMILES string of the molecule is CCCOc1ccccc1-n1nnc(CN)c1CCC. The highest BCUT2D eigenvalue weighted by atomic mass is 16.5. The second kappa shape index (κ2) is 7.05. The van der Waals surface area contributed by atoms with Crippen LogP contribution >= 0.6 is 0 Å². The Labute approximate surface area is 119 Å². The molecule has 0 aliphatic heterocycles. The molecule has 0 spiro atoms. The molecule has 1 aromatic carbocycles. The Morgan fingerprint density at radius 2 is 2.00 bits per heavy atom. The van der Waals surface area contributed by atoms with E-state index in [1.807, 2.05) is 28.9 Å². The van der Waals surface area contributed by atoms with E-state index in [1.165, 1.54) is 0 Å². The van der Waals surface area contributed by atoms with E-state index in [1.54, 1.807) is 0 Å².